The van der Waals surface area contributed by atoms with E-state index in [2.05, 4.69) is 41.3 Å². The van der Waals surface area contributed by atoms with Gasteiger partial charge in [-0.05, 0) is 77.5 Å². The van der Waals surface area contributed by atoms with Crippen molar-refractivity contribution >= 4 is 16.6 Å². The van der Waals surface area contributed by atoms with Gasteiger partial charge in [0.2, 0.25) is 0 Å². The number of methoxy groups -OCH3 is 1. The van der Waals surface area contributed by atoms with Crippen LogP contribution in [0.5, 0.6) is 17.2 Å². The molecule has 37 heavy (non-hydrogen) atoms. The largest absolute Gasteiger partial charge is 0.508 e. The van der Waals surface area contributed by atoms with Crippen LogP contribution in [0.3, 0.4) is 0 Å². The van der Waals surface area contributed by atoms with Crippen LogP contribution in [0.4, 0.5) is 0 Å². The molecule has 4 atom stereocenters. The third kappa shape index (κ3) is 3.04. The van der Waals surface area contributed by atoms with Crippen molar-refractivity contribution in [2.75, 3.05) is 13.7 Å². The zero-order valence-corrected chi connectivity index (χ0v) is 20.7. The Morgan fingerprint density at radius 3 is 2.62 bits per heavy atom. The van der Waals surface area contributed by atoms with E-state index >= 15 is 0 Å². The molecule has 4 aromatic carbocycles. The molecular weight excluding hydrogens is 462 g/mol. The van der Waals surface area contributed by atoms with Gasteiger partial charge in [0.15, 0.2) is 17.3 Å². The van der Waals surface area contributed by atoms with Crippen LogP contribution in [-0.2, 0) is 12.0 Å². The van der Waals surface area contributed by atoms with Gasteiger partial charge in [0, 0.05) is 17.5 Å². The van der Waals surface area contributed by atoms with Crippen molar-refractivity contribution in [2.24, 2.45) is 5.92 Å². The average molecular weight is 492 g/mol. The van der Waals surface area contributed by atoms with E-state index in [1.807, 2.05) is 18.2 Å². The number of rotatable bonds is 4. The topological polar surface area (TPSA) is 70.0 Å². The van der Waals surface area contributed by atoms with Crippen LogP contribution >= 0.6 is 0 Å². The molecular formula is C32H29NO4. The highest BCUT2D eigenvalue weighted by molar-refractivity contribution is 6.02. The summed E-state index contributed by atoms with van der Waals surface area (Å²) in [6.45, 7) is 0.935. The van der Waals surface area contributed by atoms with Crippen LogP contribution in [-0.4, -0.2) is 40.6 Å². The van der Waals surface area contributed by atoms with Gasteiger partial charge in [-0.2, -0.15) is 0 Å². The van der Waals surface area contributed by atoms with E-state index < -0.39 is 5.54 Å². The first-order valence-corrected chi connectivity index (χ1v) is 13.0. The Morgan fingerprint density at radius 1 is 1.00 bits per heavy atom. The molecule has 3 aliphatic rings. The molecule has 0 saturated carbocycles. The van der Waals surface area contributed by atoms with Crippen molar-refractivity contribution in [3.63, 3.8) is 0 Å². The number of benzene rings is 4. The molecule has 2 heterocycles. The number of Topliss-reactive ketones (excluding diaryl/α,β-unsaturated/α-hetero) is 1. The van der Waals surface area contributed by atoms with Gasteiger partial charge in [-0.25, -0.2) is 0 Å². The van der Waals surface area contributed by atoms with Gasteiger partial charge < -0.3 is 14.9 Å². The summed E-state index contributed by atoms with van der Waals surface area (Å²) in [4.78, 5) is 17.3. The van der Waals surface area contributed by atoms with Gasteiger partial charge >= 0.3 is 0 Å². The number of ketones is 1. The average Bonchev–Trinajstić information content (AvgIpc) is 3.59. The van der Waals surface area contributed by atoms with Crippen LogP contribution in [0.2, 0.25) is 0 Å². The number of aromatic hydroxyl groups is 2. The molecule has 1 aliphatic carbocycles. The number of hydrogen-bond donors (Lipinski definition) is 2. The molecule has 0 aromatic heterocycles. The van der Waals surface area contributed by atoms with Gasteiger partial charge in [0.05, 0.1) is 18.6 Å². The second-order valence-corrected chi connectivity index (χ2v) is 10.7. The first-order valence-electron chi connectivity index (χ1n) is 13.0. The molecule has 4 aromatic rings. The normalized spacial score (nSPS) is 26.1. The number of carbonyl (C=O) groups is 1. The van der Waals surface area contributed by atoms with Crippen molar-refractivity contribution in [3.8, 4) is 17.2 Å². The summed E-state index contributed by atoms with van der Waals surface area (Å²) in [5.41, 5.74) is 3.58. The summed E-state index contributed by atoms with van der Waals surface area (Å²) in [5, 5.41) is 23.1. The Balaban J connectivity index is 1.50. The molecule has 1 spiro atoms. The zero-order valence-electron chi connectivity index (χ0n) is 20.7. The van der Waals surface area contributed by atoms with E-state index in [1.54, 1.807) is 31.4 Å². The van der Waals surface area contributed by atoms with Crippen LogP contribution in [0.25, 0.3) is 10.8 Å². The Labute approximate surface area is 215 Å². The minimum Gasteiger partial charge on any atom is -0.508 e. The third-order valence-electron chi connectivity index (χ3n) is 9.02. The van der Waals surface area contributed by atoms with Gasteiger partial charge in [0.25, 0.3) is 0 Å². The van der Waals surface area contributed by atoms with Crippen LogP contribution in [0.1, 0.15) is 45.8 Å². The summed E-state index contributed by atoms with van der Waals surface area (Å²) in [7, 11) is 1.56. The number of phenols is 2. The number of fused-ring (bicyclic) bond motifs is 3. The van der Waals surface area contributed by atoms with E-state index in [4.69, 9.17) is 4.74 Å². The highest BCUT2D eigenvalue weighted by Crippen LogP contribution is 2.62. The van der Waals surface area contributed by atoms with Crippen molar-refractivity contribution in [1.29, 1.82) is 0 Å². The standard InChI is InChI=1S/C32H29NO4/c1-37-27-17-20(13-14-26(27)35)29-25-12-5-15-33(25)32(30(29)31(36)21-8-3-10-23(34)16-21)18-22-9-2-6-19-7-4-11-24(32)28(19)22/h2-4,6-11,13-14,16-17,25,29-30,34-35H,5,12,15,18H2,1H3. The SMILES string of the molecule is COc1cc(C2C3CCCN3C3(Cc4cccc5cccc3c45)C2C(=O)c2cccc(O)c2)ccc1O. The molecule has 2 N–H and O–H groups in total. The fourth-order valence-corrected chi connectivity index (χ4v) is 7.74. The minimum absolute atomic E-state index is 0.0483. The monoisotopic (exact) mass is 491 g/mol. The van der Waals surface area contributed by atoms with E-state index in [1.165, 1.54) is 21.9 Å². The quantitative estimate of drug-likeness (QED) is 0.355. The summed E-state index contributed by atoms with van der Waals surface area (Å²) in [5.74, 6) is 0.202. The van der Waals surface area contributed by atoms with Crippen molar-refractivity contribution in [3.05, 3.63) is 101 Å². The summed E-state index contributed by atoms with van der Waals surface area (Å²) >= 11 is 0. The first-order chi connectivity index (χ1) is 18.0. The third-order valence-corrected chi connectivity index (χ3v) is 9.02. The fourth-order valence-electron chi connectivity index (χ4n) is 7.74. The van der Waals surface area contributed by atoms with Crippen LogP contribution < -0.4 is 4.74 Å². The number of ether oxygens (including phenoxy) is 1. The summed E-state index contributed by atoms with van der Waals surface area (Å²) < 4.78 is 5.49. The lowest BCUT2D eigenvalue weighted by atomic mass is 9.68. The Bertz CT molecular complexity index is 1560. The lowest BCUT2D eigenvalue weighted by Crippen LogP contribution is -2.48. The predicted octanol–water partition coefficient (Wildman–Crippen LogP) is 5.77. The zero-order chi connectivity index (χ0) is 25.3. The van der Waals surface area contributed by atoms with Crippen molar-refractivity contribution < 1.29 is 19.7 Å². The van der Waals surface area contributed by atoms with E-state index in [0.717, 1.165) is 31.4 Å². The summed E-state index contributed by atoms with van der Waals surface area (Å²) in [6, 6.07) is 25.5. The Morgan fingerprint density at radius 2 is 1.81 bits per heavy atom. The lowest BCUT2D eigenvalue weighted by Gasteiger charge is -2.40. The molecule has 2 fully saturated rings. The molecule has 7 rings (SSSR count). The molecule has 2 aliphatic heterocycles. The van der Waals surface area contributed by atoms with Crippen LogP contribution in [0, 0.1) is 5.92 Å². The molecule has 0 bridgehead atoms. The lowest BCUT2D eigenvalue weighted by molar-refractivity contribution is 0.0688. The molecule has 2 saturated heterocycles. The fraction of sp³-hybridized carbons (Fsp3) is 0.281. The van der Waals surface area contributed by atoms with Crippen molar-refractivity contribution in [1.82, 2.24) is 4.90 Å². The Kier molecular flexibility index (Phi) is 4.89. The second kappa shape index (κ2) is 8.09. The van der Waals surface area contributed by atoms with Gasteiger partial charge in [-0.15, -0.1) is 0 Å². The number of carbonyl (C=O) groups excluding carboxylic acids is 1. The van der Waals surface area contributed by atoms with Gasteiger partial charge in [0.1, 0.15) is 5.75 Å². The van der Waals surface area contributed by atoms with E-state index in [-0.39, 0.29) is 35.2 Å². The molecule has 186 valence electrons. The minimum atomic E-state index is -0.483. The highest BCUT2D eigenvalue weighted by atomic mass is 16.5. The molecule has 5 nitrogen and oxygen atoms in total. The number of phenolic OH excluding ortho intramolecular Hbond substituents is 2. The van der Waals surface area contributed by atoms with Crippen LogP contribution in [0.15, 0.2) is 78.9 Å². The number of nitrogens with zero attached hydrogens (tertiary/aromatic N) is 1. The molecule has 4 unspecified atom stereocenters. The van der Waals surface area contributed by atoms with E-state index in [0.29, 0.717) is 11.3 Å². The number of hydrogen-bond acceptors (Lipinski definition) is 5. The predicted molar refractivity (Wildman–Crippen MR) is 142 cm³/mol. The molecule has 0 radical (unpaired) electrons. The second-order valence-electron chi connectivity index (χ2n) is 10.7. The van der Waals surface area contributed by atoms with E-state index in [9.17, 15) is 15.0 Å². The maximum Gasteiger partial charge on any atom is 0.168 e. The van der Waals surface area contributed by atoms with Gasteiger partial charge in [-0.1, -0.05) is 54.6 Å². The maximum absolute atomic E-state index is 14.6. The maximum atomic E-state index is 14.6. The summed E-state index contributed by atoms with van der Waals surface area (Å²) in [6.07, 6.45) is 2.87. The van der Waals surface area contributed by atoms with Gasteiger partial charge in [-0.3, -0.25) is 9.69 Å². The smallest absolute Gasteiger partial charge is 0.168 e. The van der Waals surface area contributed by atoms with Crippen molar-refractivity contribution in [2.45, 2.75) is 36.8 Å². The molecule has 0 amide bonds. The highest BCUT2D eigenvalue weighted by Gasteiger charge is 2.65. The first kappa shape index (κ1) is 22.4. The molecule has 5 heteroatoms. The Hall–Kier alpha value is -3.83.